The first-order valence-electron chi connectivity index (χ1n) is 11.6. The monoisotopic (exact) mass is 504 g/mol. The lowest BCUT2D eigenvalue weighted by molar-refractivity contribution is -0.278. The van der Waals surface area contributed by atoms with E-state index < -0.39 is 48.5 Å². The number of carbonyl (C=O) groups is 2. The normalized spacial score (nSPS) is 27.6. The number of ketones is 1. The Balaban J connectivity index is 1.52. The van der Waals surface area contributed by atoms with Gasteiger partial charge in [0.15, 0.2) is 5.78 Å². The van der Waals surface area contributed by atoms with Crippen molar-refractivity contribution < 1.29 is 54.1 Å². The molecular weight excluding hydrogens is 476 g/mol. The number of aromatic hydroxyl groups is 2. The molecule has 0 spiro atoms. The molecule has 2 heterocycles. The third-order valence-corrected chi connectivity index (χ3v) is 6.02. The molecule has 0 aromatic heterocycles. The summed E-state index contributed by atoms with van der Waals surface area (Å²) in [6.07, 6.45) is -7.52. The van der Waals surface area contributed by atoms with Crippen LogP contribution in [0.4, 0.5) is 0 Å². The van der Waals surface area contributed by atoms with Crippen LogP contribution in [0.3, 0.4) is 0 Å². The molecule has 2 aromatic carbocycles. The lowest BCUT2D eigenvalue weighted by atomic mass is 9.95. The lowest BCUT2D eigenvalue weighted by Gasteiger charge is -2.40. The quantitative estimate of drug-likeness (QED) is 0.344. The zero-order valence-corrected chi connectivity index (χ0v) is 19.4. The van der Waals surface area contributed by atoms with E-state index in [1.54, 1.807) is 19.1 Å². The zero-order chi connectivity index (χ0) is 26.0. The highest BCUT2D eigenvalue weighted by Gasteiger charge is 2.45. The maximum Gasteiger partial charge on any atom is 0.305 e. The van der Waals surface area contributed by atoms with Crippen LogP contribution in [0.2, 0.25) is 0 Å². The highest BCUT2D eigenvalue weighted by molar-refractivity contribution is 6.02. The number of hydrogen-bond acceptors (Lipinski definition) is 11. The van der Waals surface area contributed by atoms with Crippen LogP contribution in [0.5, 0.6) is 23.0 Å². The molecule has 0 bridgehead atoms. The summed E-state index contributed by atoms with van der Waals surface area (Å²) >= 11 is 0. The second-order valence-electron chi connectivity index (χ2n) is 8.71. The molecule has 0 amide bonds. The van der Waals surface area contributed by atoms with Crippen LogP contribution in [0.25, 0.3) is 0 Å². The fourth-order valence-electron chi connectivity index (χ4n) is 4.09. The molecule has 5 N–H and O–H groups in total. The van der Waals surface area contributed by atoms with E-state index in [1.165, 1.54) is 18.2 Å². The van der Waals surface area contributed by atoms with Gasteiger partial charge in [-0.15, -0.1) is 0 Å². The average Bonchev–Trinajstić information content (AvgIpc) is 2.83. The maximum absolute atomic E-state index is 12.7. The van der Waals surface area contributed by atoms with E-state index in [1.807, 2.05) is 0 Å². The summed E-state index contributed by atoms with van der Waals surface area (Å²) in [5.74, 6) is -1.22. The molecule has 0 aliphatic carbocycles. The minimum absolute atomic E-state index is 0.0290. The second kappa shape index (κ2) is 10.7. The van der Waals surface area contributed by atoms with Crippen molar-refractivity contribution in [2.24, 2.45) is 0 Å². The average molecular weight is 504 g/mol. The number of fused-ring (bicyclic) bond motifs is 1. The third kappa shape index (κ3) is 5.39. The molecule has 4 rings (SSSR count). The van der Waals surface area contributed by atoms with Gasteiger partial charge in [0.2, 0.25) is 6.29 Å². The van der Waals surface area contributed by atoms with Crippen LogP contribution < -0.4 is 9.47 Å². The maximum atomic E-state index is 12.7. The molecule has 0 saturated carbocycles. The van der Waals surface area contributed by atoms with Crippen molar-refractivity contribution in [1.82, 2.24) is 0 Å². The molecular formula is C25H28O11. The van der Waals surface area contributed by atoms with Gasteiger partial charge in [-0.1, -0.05) is 19.1 Å². The molecule has 11 nitrogen and oxygen atoms in total. The van der Waals surface area contributed by atoms with Gasteiger partial charge in [-0.2, -0.15) is 0 Å². The number of aliphatic hydroxyl groups is 3. The van der Waals surface area contributed by atoms with E-state index in [2.05, 4.69) is 0 Å². The summed E-state index contributed by atoms with van der Waals surface area (Å²) in [6, 6.07) is 8.64. The van der Waals surface area contributed by atoms with Gasteiger partial charge in [0, 0.05) is 18.6 Å². The molecule has 1 saturated heterocycles. The van der Waals surface area contributed by atoms with Crippen molar-refractivity contribution in [2.75, 3.05) is 6.61 Å². The summed E-state index contributed by atoms with van der Waals surface area (Å²) in [4.78, 5) is 24.4. The number of phenolic OH excluding ortho intramolecular Hbond substituents is 2. The van der Waals surface area contributed by atoms with Crippen molar-refractivity contribution in [2.45, 2.75) is 63.0 Å². The Morgan fingerprint density at radius 3 is 2.47 bits per heavy atom. The van der Waals surface area contributed by atoms with Crippen molar-refractivity contribution >= 4 is 11.8 Å². The van der Waals surface area contributed by atoms with E-state index in [-0.39, 0.29) is 48.0 Å². The van der Waals surface area contributed by atoms with Gasteiger partial charge in [0.25, 0.3) is 0 Å². The number of esters is 1. The molecule has 6 atom stereocenters. The van der Waals surface area contributed by atoms with Gasteiger partial charge < -0.3 is 44.5 Å². The first kappa shape index (κ1) is 25.7. The van der Waals surface area contributed by atoms with Gasteiger partial charge in [-0.05, 0) is 24.1 Å². The van der Waals surface area contributed by atoms with E-state index in [0.717, 1.165) is 6.07 Å². The summed E-state index contributed by atoms with van der Waals surface area (Å²) in [7, 11) is 0. The largest absolute Gasteiger partial charge is 0.508 e. The van der Waals surface area contributed by atoms with Gasteiger partial charge in [0.05, 0.1) is 6.42 Å². The Morgan fingerprint density at radius 2 is 1.78 bits per heavy atom. The number of hydrogen-bond donors (Lipinski definition) is 5. The SMILES string of the molecule is CCCC(=O)OC[C@H]1O[C@@H](Oc2cc(O)c3c(c2)O[C@H](c2ccc(O)cc2)CC3=O)[C@H](O)[C@@H](O)[C@@H]1O. The fraction of sp³-hybridized carbons (Fsp3) is 0.440. The molecule has 1 fully saturated rings. The highest BCUT2D eigenvalue weighted by Crippen LogP contribution is 2.42. The Morgan fingerprint density at radius 1 is 1.06 bits per heavy atom. The molecule has 2 aliphatic heterocycles. The standard InChI is InChI=1S/C25H28O11/c1-2-3-20(29)33-11-19-22(30)23(31)24(32)25(36-19)34-14-8-15(27)21-16(28)10-17(35-18(21)9-14)12-4-6-13(26)7-5-12/h4-9,17,19,22-27,30-32H,2-3,10-11H2,1H3/t17-,19+,22+,23-,24+,25+/m0/s1. The first-order chi connectivity index (χ1) is 17.2. The van der Waals surface area contributed by atoms with Gasteiger partial charge in [0.1, 0.15) is 65.7 Å². The predicted molar refractivity (Wildman–Crippen MR) is 122 cm³/mol. The Labute approximate surface area is 206 Å². The van der Waals surface area contributed by atoms with Crippen molar-refractivity contribution in [1.29, 1.82) is 0 Å². The van der Waals surface area contributed by atoms with Gasteiger partial charge >= 0.3 is 5.97 Å². The molecule has 2 aromatic rings. The van der Waals surface area contributed by atoms with Crippen LogP contribution >= 0.6 is 0 Å². The van der Waals surface area contributed by atoms with Crippen LogP contribution in [-0.2, 0) is 14.3 Å². The number of aliphatic hydroxyl groups excluding tert-OH is 3. The van der Waals surface area contributed by atoms with Crippen LogP contribution in [0, 0.1) is 0 Å². The summed E-state index contributed by atoms with van der Waals surface area (Å²) in [6.45, 7) is 1.43. The number of Topliss-reactive ketones (excluding diaryl/α,β-unsaturated/α-hetero) is 1. The topological polar surface area (TPSA) is 172 Å². The smallest absolute Gasteiger partial charge is 0.305 e. The molecule has 0 radical (unpaired) electrons. The lowest BCUT2D eigenvalue weighted by Crippen LogP contribution is -2.60. The summed E-state index contributed by atoms with van der Waals surface area (Å²) < 4.78 is 22.2. The van der Waals surface area contributed by atoms with E-state index in [4.69, 9.17) is 18.9 Å². The van der Waals surface area contributed by atoms with Crippen molar-refractivity contribution in [3.63, 3.8) is 0 Å². The van der Waals surface area contributed by atoms with E-state index in [9.17, 15) is 35.1 Å². The molecule has 0 unspecified atom stereocenters. The van der Waals surface area contributed by atoms with E-state index in [0.29, 0.717) is 12.0 Å². The Kier molecular flexibility index (Phi) is 7.65. The van der Waals surface area contributed by atoms with Crippen LogP contribution in [-0.4, -0.2) is 74.6 Å². The number of ether oxygens (including phenoxy) is 4. The second-order valence-corrected chi connectivity index (χ2v) is 8.71. The first-order valence-corrected chi connectivity index (χ1v) is 11.6. The number of phenols is 2. The molecule has 2 aliphatic rings. The fourth-order valence-corrected chi connectivity index (χ4v) is 4.09. The predicted octanol–water partition coefficient (Wildman–Crippen LogP) is 1.33. The van der Waals surface area contributed by atoms with Crippen LogP contribution in [0.1, 0.15) is 48.2 Å². The van der Waals surface area contributed by atoms with Gasteiger partial charge in [-0.3, -0.25) is 9.59 Å². The van der Waals surface area contributed by atoms with Crippen molar-refractivity contribution in [3.8, 4) is 23.0 Å². The third-order valence-electron chi connectivity index (χ3n) is 6.02. The summed E-state index contributed by atoms with van der Waals surface area (Å²) in [5, 5.41) is 50.8. The Bertz CT molecular complexity index is 1100. The zero-order valence-electron chi connectivity index (χ0n) is 19.4. The minimum atomic E-state index is -1.67. The van der Waals surface area contributed by atoms with Gasteiger partial charge in [-0.25, -0.2) is 0 Å². The highest BCUT2D eigenvalue weighted by atomic mass is 16.7. The molecule has 194 valence electrons. The molecule has 11 heteroatoms. The summed E-state index contributed by atoms with van der Waals surface area (Å²) in [5.41, 5.74) is 0.611. The van der Waals surface area contributed by atoms with Crippen LogP contribution in [0.15, 0.2) is 36.4 Å². The number of benzene rings is 2. The number of carbonyl (C=O) groups excluding carboxylic acids is 2. The minimum Gasteiger partial charge on any atom is -0.508 e. The van der Waals surface area contributed by atoms with Crippen molar-refractivity contribution in [3.05, 3.63) is 47.5 Å². The number of rotatable bonds is 7. The molecule has 36 heavy (non-hydrogen) atoms. The van der Waals surface area contributed by atoms with E-state index >= 15 is 0 Å². The Hall–Kier alpha value is -3.38.